The van der Waals surface area contributed by atoms with Crippen LogP contribution in [-0.4, -0.2) is 17.7 Å². The van der Waals surface area contributed by atoms with Crippen LogP contribution in [0.4, 0.5) is 10.7 Å². The Morgan fingerprint density at radius 2 is 1.84 bits per heavy atom. The van der Waals surface area contributed by atoms with Gasteiger partial charge in [0.1, 0.15) is 5.00 Å². The van der Waals surface area contributed by atoms with Crippen molar-refractivity contribution in [3.63, 3.8) is 0 Å². The third-order valence-corrected chi connectivity index (χ3v) is 6.15. The zero-order chi connectivity index (χ0) is 22.4. The van der Waals surface area contributed by atoms with Gasteiger partial charge in [-0.2, -0.15) is 0 Å². The minimum atomic E-state index is -0.345. The Kier molecular flexibility index (Phi) is 7.82. The van der Waals surface area contributed by atoms with Gasteiger partial charge in [0.15, 0.2) is 5.11 Å². The maximum atomic E-state index is 12.5. The zero-order valence-corrected chi connectivity index (χ0v) is 20.0. The molecule has 0 aliphatic carbocycles. The minimum Gasteiger partial charge on any atom is -0.462 e. The number of benzene rings is 2. The summed E-state index contributed by atoms with van der Waals surface area (Å²) in [5.74, 6) is 0.0154. The fourth-order valence-corrected chi connectivity index (χ4v) is 4.72. The summed E-state index contributed by atoms with van der Waals surface area (Å²) in [5, 5.41) is 7.73. The van der Waals surface area contributed by atoms with Crippen molar-refractivity contribution >= 4 is 45.3 Å². The van der Waals surface area contributed by atoms with Crippen molar-refractivity contribution in [3.05, 3.63) is 81.7 Å². The summed E-state index contributed by atoms with van der Waals surface area (Å²) in [6.07, 6.45) is 0.745. The predicted molar refractivity (Wildman–Crippen MR) is 135 cm³/mol. The summed E-state index contributed by atoms with van der Waals surface area (Å²) >= 11 is 7.13. The molecule has 0 radical (unpaired) electrons. The molecule has 0 aliphatic rings. The molecular formula is C25H28N2O2S2. The second kappa shape index (κ2) is 10.6. The molecule has 4 nitrogen and oxygen atoms in total. The number of esters is 1. The molecule has 1 heterocycles. The monoisotopic (exact) mass is 452 g/mol. The number of ether oxygens (including phenoxy) is 1. The largest absolute Gasteiger partial charge is 0.462 e. The highest BCUT2D eigenvalue weighted by Gasteiger charge is 2.19. The molecule has 0 atom stereocenters. The van der Waals surface area contributed by atoms with E-state index in [4.69, 9.17) is 17.0 Å². The molecule has 0 amide bonds. The Morgan fingerprint density at radius 3 is 2.52 bits per heavy atom. The van der Waals surface area contributed by atoms with Crippen LogP contribution >= 0.6 is 23.6 Å². The molecule has 3 aromatic rings. The second-order valence-electron chi connectivity index (χ2n) is 7.61. The number of hydrogen-bond acceptors (Lipinski definition) is 4. The second-order valence-corrected chi connectivity index (χ2v) is 9.16. The number of thiophene rings is 1. The van der Waals surface area contributed by atoms with Crippen LogP contribution in [0.3, 0.4) is 0 Å². The Balaban J connectivity index is 1.84. The number of aryl methyl sites for hydroxylation is 1. The Labute approximate surface area is 193 Å². The summed E-state index contributed by atoms with van der Waals surface area (Å²) in [6.45, 7) is 8.50. The van der Waals surface area contributed by atoms with Gasteiger partial charge in [-0.15, -0.1) is 11.3 Å². The lowest BCUT2D eigenvalue weighted by Gasteiger charge is -2.18. The van der Waals surface area contributed by atoms with E-state index in [0.29, 0.717) is 28.2 Å². The van der Waals surface area contributed by atoms with Gasteiger partial charge in [-0.05, 0) is 54.7 Å². The summed E-state index contributed by atoms with van der Waals surface area (Å²) in [6, 6.07) is 18.3. The molecule has 1 aromatic heterocycles. The van der Waals surface area contributed by atoms with E-state index in [9.17, 15) is 4.79 Å². The van der Waals surface area contributed by atoms with Crippen LogP contribution in [0.25, 0.3) is 0 Å². The summed E-state index contributed by atoms with van der Waals surface area (Å²) in [5.41, 5.74) is 5.03. The van der Waals surface area contributed by atoms with Gasteiger partial charge < -0.3 is 15.4 Å². The first-order valence-corrected chi connectivity index (χ1v) is 11.6. The van der Waals surface area contributed by atoms with Gasteiger partial charge in [0, 0.05) is 17.0 Å². The molecule has 0 saturated carbocycles. The lowest BCUT2D eigenvalue weighted by atomic mass is 9.98. The van der Waals surface area contributed by atoms with Crippen LogP contribution in [0.15, 0.2) is 54.6 Å². The number of anilines is 2. The van der Waals surface area contributed by atoms with E-state index in [1.54, 1.807) is 6.92 Å². The average molecular weight is 453 g/mol. The summed E-state index contributed by atoms with van der Waals surface area (Å²) in [4.78, 5) is 13.6. The third-order valence-electron chi connectivity index (χ3n) is 4.89. The minimum absolute atomic E-state index is 0.325. The van der Waals surface area contributed by atoms with Crippen LogP contribution in [0.5, 0.6) is 0 Å². The maximum absolute atomic E-state index is 12.5. The van der Waals surface area contributed by atoms with E-state index < -0.39 is 0 Å². The lowest BCUT2D eigenvalue weighted by molar-refractivity contribution is 0.0528. The Morgan fingerprint density at radius 1 is 1.10 bits per heavy atom. The van der Waals surface area contributed by atoms with Crippen molar-refractivity contribution in [1.82, 2.24) is 0 Å². The normalized spacial score (nSPS) is 10.7. The van der Waals surface area contributed by atoms with E-state index in [0.717, 1.165) is 22.5 Å². The zero-order valence-electron chi connectivity index (χ0n) is 18.3. The molecule has 31 heavy (non-hydrogen) atoms. The molecule has 0 fully saturated rings. The van der Waals surface area contributed by atoms with Crippen LogP contribution in [0.2, 0.25) is 0 Å². The standard InChI is InChI=1S/C25H28N2O2S2/c1-5-29-24(28)21-15-19(14-18-11-7-6-8-12-18)31-23(21)27-25(30)26-22-17(4)10-9-13-20(22)16(2)3/h6-13,15-16H,5,14H2,1-4H3,(H2,26,27,30). The van der Waals surface area contributed by atoms with Crippen LogP contribution in [0.1, 0.15) is 58.6 Å². The van der Waals surface area contributed by atoms with Gasteiger partial charge >= 0.3 is 5.97 Å². The van der Waals surface area contributed by atoms with E-state index in [1.165, 1.54) is 22.5 Å². The van der Waals surface area contributed by atoms with Gasteiger partial charge in [0.05, 0.1) is 12.2 Å². The molecule has 0 spiro atoms. The van der Waals surface area contributed by atoms with E-state index in [1.807, 2.05) is 24.3 Å². The highest BCUT2D eigenvalue weighted by Crippen LogP contribution is 2.32. The molecule has 0 bridgehead atoms. The van der Waals surface area contributed by atoms with E-state index in [-0.39, 0.29) is 5.97 Å². The van der Waals surface area contributed by atoms with Crippen molar-refractivity contribution < 1.29 is 9.53 Å². The van der Waals surface area contributed by atoms with Crippen LogP contribution in [0, 0.1) is 6.92 Å². The Bertz CT molecular complexity index is 1060. The maximum Gasteiger partial charge on any atom is 0.341 e. The number of carbonyl (C=O) groups is 1. The molecule has 2 aromatic carbocycles. The third kappa shape index (κ3) is 5.93. The predicted octanol–water partition coefficient (Wildman–Crippen LogP) is 6.76. The number of thiocarbonyl (C=S) groups is 1. The average Bonchev–Trinajstić information content (AvgIpc) is 3.12. The highest BCUT2D eigenvalue weighted by atomic mass is 32.1. The number of carbonyl (C=O) groups excluding carboxylic acids is 1. The van der Waals surface area contributed by atoms with Crippen molar-refractivity contribution in [1.29, 1.82) is 0 Å². The quantitative estimate of drug-likeness (QED) is 0.306. The van der Waals surface area contributed by atoms with Gasteiger partial charge in [-0.25, -0.2) is 4.79 Å². The Hall–Kier alpha value is -2.70. The topological polar surface area (TPSA) is 50.4 Å². The lowest BCUT2D eigenvalue weighted by Crippen LogP contribution is -2.21. The summed E-state index contributed by atoms with van der Waals surface area (Å²) in [7, 11) is 0. The molecule has 0 saturated heterocycles. The highest BCUT2D eigenvalue weighted by molar-refractivity contribution is 7.80. The fourth-order valence-electron chi connectivity index (χ4n) is 3.37. The molecule has 0 aliphatic heterocycles. The first-order valence-electron chi connectivity index (χ1n) is 10.4. The van der Waals surface area contributed by atoms with Crippen LogP contribution in [-0.2, 0) is 11.2 Å². The van der Waals surface area contributed by atoms with E-state index >= 15 is 0 Å². The summed E-state index contributed by atoms with van der Waals surface area (Å²) < 4.78 is 5.27. The van der Waals surface area contributed by atoms with Crippen molar-refractivity contribution in [2.24, 2.45) is 0 Å². The smallest absolute Gasteiger partial charge is 0.341 e. The molecule has 0 unspecified atom stereocenters. The van der Waals surface area contributed by atoms with Gasteiger partial charge in [-0.3, -0.25) is 0 Å². The fraction of sp³-hybridized carbons (Fsp3) is 0.280. The molecule has 162 valence electrons. The number of nitrogens with one attached hydrogen (secondary N) is 2. The molecule has 6 heteroatoms. The SMILES string of the molecule is CCOC(=O)c1cc(Cc2ccccc2)sc1NC(=S)Nc1c(C)cccc1C(C)C. The van der Waals surface area contributed by atoms with Gasteiger partial charge in [0.2, 0.25) is 0 Å². The first-order chi connectivity index (χ1) is 14.9. The molecular weight excluding hydrogens is 424 g/mol. The van der Waals surface area contributed by atoms with Crippen molar-refractivity contribution in [2.45, 2.75) is 40.0 Å². The van der Waals surface area contributed by atoms with E-state index in [2.05, 4.69) is 61.7 Å². The number of para-hydroxylation sites is 1. The van der Waals surface area contributed by atoms with Gasteiger partial charge in [-0.1, -0.05) is 62.4 Å². The number of hydrogen-bond donors (Lipinski definition) is 2. The molecule has 3 rings (SSSR count). The first kappa shape index (κ1) is 23.0. The van der Waals surface area contributed by atoms with Crippen LogP contribution < -0.4 is 10.6 Å². The van der Waals surface area contributed by atoms with Crippen molar-refractivity contribution in [3.8, 4) is 0 Å². The van der Waals surface area contributed by atoms with Crippen molar-refractivity contribution in [2.75, 3.05) is 17.2 Å². The molecule has 2 N–H and O–H groups in total. The number of rotatable bonds is 7. The van der Waals surface area contributed by atoms with Gasteiger partial charge in [0.25, 0.3) is 0 Å².